The minimum Gasteiger partial charge on any atom is -0.466 e. The van der Waals surface area contributed by atoms with Gasteiger partial charge in [-0.3, -0.25) is 9.59 Å². The van der Waals surface area contributed by atoms with E-state index in [1.807, 2.05) is 0 Å². The van der Waals surface area contributed by atoms with E-state index in [9.17, 15) is 14.7 Å². The smallest absolute Gasteiger partial charge is 0.306 e. The molecule has 1 fully saturated rings. The minimum absolute atomic E-state index is 0.102. The molecule has 0 aromatic rings. The number of hydrogen-bond donors (Lipinski definition) is 1. The number of amides is 1. The molecule has 86 valence electrons. The van der Waals surface area contributed by atoms with Crippen molar-refractivity contribution < 1.29 is 19.4 Å². The average Bonchev–Trinajstić information content (AvgIpc) is 2.10. The van der Waals surface area contributed by atoms with Crippen LogP contribution in [0.3, 0.4) is 0 Å². The molecule has 0 aliphatic carbocycles. The number of aliphatic hydroxyl groups is 1. The van der Waals surface area contributed by atoms with Crippen molar-refractivity contribution in [2.45, 2.75) is 32.3 Å². The number of rotatable bonds is 4. The normalized spacial score (nSPS) is 18.2. The van der Waals surface area contributed by atoms with Gasteiger partial charge in [-0.1, -0.05) is 0 Å². The lowest BCUT2D eigenvalue weighted by Crippen LogP contribution is -2.61. The van der Waals surface area contributed by atoms with Crippen LogP contribution in [0.5, 0.6) is 0 Å². The molecular formula is C10H17NO4. The van der Waals surface area contributed by atoms with E-state index in [4.69, 9.17) is 4.74 Å². The maximum Gasteiger partial charge on any atom is 0.306 e. The number of β-amino-alcohol motifs (C(OH)–C–C–N with tert-alkyl or cyclic N) is 1. The van der Waals surface area contributed by atoms with Crippen molar-refractivity contribution in [3.8, 4) is 0 Å². The topological polar surface area (TPSA) is 66.8 Å². The van der Waals surface area contributed by atoms with E-state index < -0.39 is 5.60 Å². The maximum absolute atomic E-state index is 11.4. The van der Waals surface area contributed by atoms with E-state index in [0.29, 0.717) is 19.7 Å². The Morgan fingerprint density at radius 2 is 2.00 bits per heavy atom. The second-order valence-electron chi connectivity index (χ2n) is 4.05. The summed E-state index contributed by atoms with van der Waals surface area (Å²) >= 11 is 0. The summed E-state index contributed by atoms with van der Waals surface area (Å²) in [4.78, 5) is 23.9. The minimum atomic E-state index is -0.750. The molecule has 0 spiro atoms. The lowest BCUT2D eigenvalue weighted by atomic mass is 9.96. The Morgan fingerprint density at radius 1 is 1.40 bits per heavy atom. The van der Waals surface area contributed by atoms with E-state index in [-0.39, 0.29) is 24.7 Å². The summed E-state index contributed by atoms with van der Waals surface area (Å²) in [5.74, 6) is -0.451. The second kappa shape index (κ2) is 4.61. The summed E-state index contributed by atoms with van der Waals surface area (Å²) in [6.07, 6.45) is 0.278. The van der Waals surface area contributed by atoms with Gasteiger partial charge in [-0.2, -0.15) is 0 Å². The summed E-state index contributed by atoms with van der Waals surface area (Å²) in [6, 6.07) is 0. The van der Waals surface area contributed by atoms with Crippen LogP contribution in [0.2, 0.25) is 0 Å². The highest BCUT2D eigenvalue weighted by Crippen LogP contribution is 2.20. The first-order valence-corrected chi connectivity index (χ1v) is 5.10. The highest BCUT2D eigenvalue weighted by atomic mass is 16.5. The van der Waals surface area contributed by atoms with Crippen LogP contribution in [0.15, 0.2) is 0 Å². The number of carbonyl (C=O) groups is 2. The van der Waals surface area contributed by atoms with Gasteiger partial charge in [-0.05, 0) is 13.8 Å². The molecule has 1 heterocycles. The predicted molar refractivity (Wildman–Crippen MR) is 53.1 cm³/mol. The summed E-state index contributed by atoms with van der Waals surface area (Å²) in [5, 5.41) is 9.41. The van der Waals surface area contributed by atoms with E-state index in [0.717, 1.165) is 0 Å². The molecule has 0 aromatic carbocycles. The average molecular weight is 215 g/mol. The third-order valence-electron chi connectivity index (χ3n) is 2.26. The van der Waals surface area contributed by atoms with Crippen molar-refractivity contribution in [2.75, 3.05) is 19.7 Å². The molecule has 1 aliphatic rings. The van der Waals surface area contributed by atoms with Crippen LogP contribution in [0.4, 0.5) is 0 Å². The number of nitrogens with zero attached hydrogens (tertiary/aromatic N) is 1. The summed E-state index contributed by atoms with van der Waals surface area (Å²) in [5.41, 5.74) is -0.750. The standard InChI is InChI=1S/C10H17NO4/c1-3-15-9(13)5-4-8(12)11-6-10(2,14)7-11/h14H,3-7H2,1-2H3. The van der Waals surface area contributed by atoms with Crippen molar-refractivity contribution in [1.82, 2.24) is 4.90 Å². The van der Waals surface area contributed by atoms with Gasteiger partial charge in [-0.15, -0.1) is 0 Å². The van der Waals surface area contributed by atoms with Crippen LogP contribution in [0, 0.1) is 0 Å². The molecule has 1 N–H and O–H groups in total. The Labute approximate surface area is 89.0 Å². The van der Waals surface area contributed by atoms with Crippen LogP contribution < -0.4 is 0 Å². The summed E-state index contributed by atoms with van der Waals surface area (Å²) in [7, 11) is 0. The zero-order valence-electron chi connectivity index (χ0n) is 9.15. The van der Waals surface area contributed by atoms with Crippen LogP contribution in [0.25, 0.3) is 0 Å². The van der Waals surface area contributed by atoms with Crippen molar-refractivity contribution >= 4 is 11.9 Å². The molecule has 0 unspecified atom stereocenters. The van der Waals surface area contributed by atoms with Crippen molar-refractivity contribution in [3.63, 3.8) is 0 Å². The second-order valence-corrected chi connectivity index (χ2v) is 4.05. The van der Waals surface area contributed by atoms with Crippen molar-refractivity contribution in [2.24, 2.45) is 0 Å². The van der Waals surface area contributed by atoms with Gasteiger partial charge in [0.2, 0.25) is 5.91 Å². The fourth-order valence-electron chi connectivity index (χ4n) is 1.55. The molecule has 5 heteroatoms. The molecule has 0 bridgehead atoms. The summed E-state index contributed by atoms with van der Waals surface area (Å²) < 4.78 is 4.71. The Balaban J connectivity index is 2.18. The van der Waals surface area contributed by atoms with Gasteiger partial charge in [-0.25, -0.2) is 0 Å². The Kier molecular flexibility index (Phi) is 3.68. The highest BCUT2D eigenvalue weighted by molar-refractivity contribution is 5.82. The highest BCUT2D eigenvalue weighted by Gasteiger charge is 2.39. The fraction of sp³-hybridized carbons (Fsp3) is 0.800. The molecule has 0 atom stereocenters. The van der Waals surface area contributed by atoms with Gasteiger partial charge in [0.05, 0.1) is 31.7 Å². The predicted octanol–water partition coefficient (Wildman–Crippen LogP) is -0.0771. The molecule has 1 amide bonds. The number of likely N-dealkylation sites (tertiary alicyclic amines) is 1. The van der Waals surface area contributed by atoms with E-state index in [1.165, 1.54) is 0 Å². The third-order valence-corrected chi connectivity index (χ3v) is 2.26. The van der Waals surface area contributed by atoms with Crippen LogP contribution in [-0.4, -0.2) is 47.2 Å². The van der Waals surface area contributed by atoms with Gasteiger partial charge in [0.1, 0.15) is 0 Å². The van der Waals surface area contributed by atoms with Gasteiger partial charge in [0, 0.05) is 6.42 Å². The first-order valence-electron chi connectivity index (χ1n) is 5.10. The fourth-order valence-corrected chi connectivity index (χ4v) is 1.55. The van der Waals surface area contributed by atoms with E-state index in [2.05, 4.69) is 0 Å². The van der Waals surface area contributed by atoms with Gasteiger partial charge < -0.3 is 14.7 Å². The molecule has 0 radical (unpaired) electrons. The van der Waals surface area contributed by atoms with Crippen LogP contribution in [-0.2, 0) is 14.3 Å². The monoisotopic (exact) mass is 215 g/mol. The number of esters is 1. The molecule has 0 aromatic heterocycles. The maximum atomic E-state index is 11.4. The van der Waals surface area contributed by atoms with E-state index >= 15 is 0 Å². The Hall–Kier alpha value is -1.10. The van der Waals surface area contributed by atoms with Gasteiger partial charge >= 0.3 is 5.97 Å². The first kappa shape index (κ1) is 12.0. The zero-order chi connectivity index (χ0) is 11.5. The molecule has 5 nitrogen and oxygen atoms in total. The number of ether oxygens (including phenoxy) is 1. The Morgan fingerprint density at radius 3 is 2.47 bits per heavy atom. The lowest BCUT2D eigenvalue weighted by Gasteiger charge is -2.44. The van der Waals surface area contributed by atoms with Crippen LogP contribution in [0.1, 0.15) is 26.7 Å². The Bertz CT molecular complexity index is 254. The molecule has 0 saturated carbocycles. The van der Waals surface area contributed by atoms with E-state index in [1.54, 1.807) is 18.7 Å². The molecule has 15 heavy (non-hydrogen) atoms. The zero-order valence-corrected chi connectivity index (χ0v) is 9.15. The van der Waals surface area contributed by atoms with Crippen molar-refractivity contribution in [1.29, 1.82) is 0 Å². The van der Waals surface area contributed by atoms with Gasteiger partial charge in [0.15, 0.2) is 0 Å². The number of hydrogen-bond acceptors (Lipinski definition) is 4. The largest absolute Gasteiger partial charge is 0.466 e. The SMILES string of the molecule is CCOC(=O)CCC(=O)N1CC(C)(O)C1. The number of carbonyl (C=O) groups excluding carboxylic acids is 2. The van der Waals surface area contributed by atoms with Crippen molar-refractivity contribution in [3.05, 3.63) is 0 Å². The molecular weight excluding hydrogens is 198 g/mol. The molecule has 1 saturated heterocycles. The molecule has 1 rings (SSSR count). The van der Waals surface area contributed by atoms with Crippen LogP contribution >= 0.6 is 0 Å². The first-order chi connectivity index (χ1) is 6.94. The lowest BCUT2D eigenvalue weighted by molar-refractivity contribution is -0.155. The summed E-state index contributed by atoms with van der Waals surface area (Å²) in [6.45, 7) is 4.46. The third kappa shape index (κ3) is 3.51. The quantitative estimate of drug-likeness (QED) is 0.666. The molecule has 1 aliphatic heterocycles. The van der Waals surface area contributed by atoms with Gasteiger partial charge in [0.25, 0.3) is 0 Å².